The Bertz CT molecular complexity index is 1630. The number of carbonyl (C=O) groups is 2. The van der Waals surface area contributed by atoms with Gasteiger partial charge in [0.15, 0.2) is 5.78 Å². The number of ketones is 1. The molecule has 1 unspecified atom stereocenters. The number of aliphatic carboxylic acids is 1. The van der Waals surface area contributed by atoms with Crippen LogP contribution >= 0.6 is 11.6 Å². The number of hydrogen-bond donors (Lipinski definition) is 1. The van der Waals surface area contributed by atoms with Gasteiger partial charge < -0.3 is 9.67 Å². The third-order valence-corrected chi connectivity index (χ3v) is 8.83. The summed E-state index contributed by atoms with van der Waals surface area (Å²) in [6.45, 7) is 10.5. The van der Waals surface area contributed by atoms with Crippen LogP contribution < -0.4 is 5.56 Å². The van der Waals surface area contributed by atoms with Gasteiger partial charge in [-0.15, -0.1) is 0 Å². The molecule has 0 radical (unpaired) electrons. The highest BCUT2D eigenvalue weighted by atomic mass is 35.5. The number of carboxylic acids is 1. The van der Waals surface area contributed by atoms with Crippen molar-refractivity contribution in [1.82, 2.24) is 9.47 Å². The topological polar surface area (TPSA) is 79.6 Å². The molecular formula is C35H40ClF3N2O4. The van der Waals surface area contributed by atoms with E-state index in [-0.39, 0.29) is 28.5 Å². The number of alkyl halides is 1. The number of nitrogens with zero attached hydrogens (tertiary/aromatic N) is 2. The van der Waals surface area contributed by atoms with E-state index in [2.05, 4.69) is 0 Å². The van der Waals surface area contributed by atoms with Gasteiger partial charge in [0.2, 0.25) is 0 Å². The summed E-state index contributed by atoms with van der Waals surface area (Å²) in [5.41, 5.74) is 3.54. The molecular weight excluding hydrogens is 605 g/mol. The number of hydrogen-bond acceptors (Lipinski definition) is 4. The summed E-state index contributed by atoms with van der Waals surface area (Å²) in [6, 6.07) is 6.17. The molecule has 3 aromatic rings. The monoisotopic (exact) mass is 644 g/mol. The molecule has 1 fully saturated rings. The third-order valence-electron chi connectivity index (χ3n) is 8.56. The number of benzene rings is 2. The van der Waals surface area contributed by atoms with Crippen molar-refractivity contribution in [2.75, 3.05) is 19.6 Å². The highest BCUT2D eigenvalue weighted by molar-refractivity contribution is 6.31. The molecule has 2 atom stereocenters. The highest BCUT2D eigenvalue weighted by Gasteiger charge is 2.31. The van der Waals surface area contributed by atoms with Gasteiger partial charge in [0.1, 0.15) is 17.8 Å². The summed E-state index contributed by atoms with van der Waals surface area (Å²) in [6.07, 6.45) is 0.854. The van der Waals surface area contributed by atoms with Crippen molar-refractivity contribution in [3.05, 3.63) is 91.4 Å². The molecule has 1 aromatic heterocycles. The Balaban J connectivity index is 1.71. The zero-order chi connectivity index (χ0) is 33.2. The smallest absolute Gasteiger partial charge is 0.303 e. The summed E-state index contributed by atoms with van der Waals surface area (Å²) >= 11 is 6.33. The molecule has 1 saturated heterocycles. The Morgan fingerprint density at radius 1 is 1.00 bits per heavy atom. The van der Waals surface area contributed by atoms with E-state index in [1.165, 1.54) is 34.9 Å². The first-order chi connectivity index (χ1) is 21.1. The fraction of sp³-hybridized carbons (Fsp3) is 0.457. The molecule has 242 valence electrons. The molecule has 6 nitrogen and oxygen atoms in total. The fourth-order valence-electron chi connectivity index (χ4n) is 6.31. The van der Waals surface area contributed by atoms with Gasteiger partial charge in [-0.1, -0.05) is 25.4 Å². The number of carbonyl (C=O) groups excluding carboxylic acids is 1. The molecule has 0 spiro atoms. The maximum Gasteiger partial charge on any atom is 0.303 e. The van der Waals surface area contributed by atoms with E-state index in [4.69, 9.17) is 11.6 Å². The molecule has 2 aromatic carbocycles. The minimum absolute atomic E-state index is 0.00929. The predicted octanol–water partition coefficient (Wildman–Crippen LogP) is 7.37. The first-order valence-corrected chi connectivity index (χ1v) is 15.6. The van der Waals surface area contributed by atoms with Crippen molar-refractivity contribution in [2.45, 2.75) is 78.4 Å². The number of aromatic nitrogens is 1. The number of rotatable bonds is 13. The first kappa shape index (κ1) is 34.4. The van der Waals surface area contributed by atoms with Gasteiger partial charge in [0.05, 0.1) is 17.5 Å². The zero-order valence-corrected chi connectivity index (χ0v) is 27.1. The number of likely N-dealkylation sites (tertiary alicyclic amines) is 1. The van der Waals surface area contributed by atoms with Gasteiger partial charge in [-0.05, 0) is 103 Å². The highest BCUT2D eigenvalue weighted by Crippen LogP contribution is 2.38. The van der Waals surface area contributed by atoms with E-state index in [1.807, 2.05) is 25.7 Å². The molecule has 1 N–H and O–H groups in total. The third kappa shape index (κ3) is 8.24. The average molecular weight is 645 g/mol. The van der Waals surface area contributed by atoms with Crippen LogP contribution in [0, 0.1) is 38.3 Å². The fourth-order valence-corrected chi connectivity index (χ4v) is 6.53. The van der Waals surface area contributed by atoms with Gasteiger partial charge in [0.25, 0.3) is 5.56 Å². The number of pyridine rings is 1. The molecule has 0 aliphatic carbocycles. The number of Topliss-reactive ketones (excluding diaryl/α,β-unsaturated/α-hetero) is 1. The predicted molar refractivity (Wildman–Crippen MR) is 170 cm³/mol. The Morgan fingerprint density at radius 2 is 1.64 bits per heavy atom. The second-order valence-electron chi connectivity index (χ2n) is 12.7. The molecule has 0 saturated carbocycles. The van der Waals surface area contributed by atoms with Crippen LogP contribution in [-0.2, 0) is 16.0 Å². The van der Waals surface area contributed by atoms with E-state index in [1.54, 1.807) is 20.0 Å². The van der Waals surface area contributed by atoms with Crippen LogP contribution in [0.3, 0.4) is 0 Å². The van der Waals surface area contributed by atoms with E-state index in [9.17, 15) is 28.3 Å². The maximum atomic E-state index is 15.6. The van der Waals surface area contributed by atoms with Crippen molar-refractivity contribution >= 4 is 23.4 Å². The second kappa shape index (κ2) is 14.3. The van der Waals surface area contributed by atoms with Crippen LogP contribution in [0.5, 0.6) is 0 Å². The minimum atomic E-state index is -1.22. The quantitative estimate of drug-likeness (QED) is 0.210. The lowest BCUT2D eigenvalue weighted by molar-refractivity contribution is -0.137. The Hall–Kier alpha value is -3.43. The van der Waals surface area contributed by atoms with E-state index >= 15 is 4.39 Å². The normalized spacial score (nSPS) is 15.2. The molecule has 4 rings (SSSR count). The number of halogens is 4. The lowest BCUT2D eigenvalue weighted by Gasteiger charge is -2.34. The van der Waals surface area contributed by atoms with Crippen molar-refractivity contribution in [3.63, 3.8) is 0 Å². The number of aryl methyl sites for hydroxylation is 3. The lowest BCUT2D eigenvalue weighted by Crippen LogP contribution is -2.49. The summed E-state index contributed by atoms with van der Waals surface area (Å²) in [5.74, 6) is -3.94. The van der Waals surface area contributed by atoms with Gasteiger partial charge in [-0.25, -0.2) is 13.2 Å². The molecule has 45 heavy (non-hydrogen) atoms. The zero-order valence-electron chi connectivity index (χ0n) is 26.3. The average Bonchev–Trinajstić information content (AvgIpc) is 2.90. The Kier molecular flexibility index (Phi) is 11.0. The first-order valence-electron chi connectivity index (χ1n) is 15.2. The summed E-state index contributed by atoms with van der Waals surface area (Å²) in [5, 5.41) is 9.55. The van der Waals surface area contributed by atoms with E-state index in [0.29, 0.717) is 54.7 Å². The van der Waals surface area contributed by atoms with Gasteiger partial charge in [-0.2, -0.15) is 0 Å². The maximum absolute atomic E-state index is 15.6. The lowest BCUT2D eigenvalue weighted by atomic mass is 9.84. The number of carboxylic acid groups (broad SMARTS) is 1. The SMILES string of the molecule is Cc1cc(=O)n(C(CC(C)C)C(=O)C[C@@H](CC(=O)O)c2cc(-c3c(C)cc(F)cc3C)cc(Cl)c2F)cc1CCN1CC(F)C1. The summed E-state index contributed by atoms with van der Waals surface area (Å²) < 4.78 is 44.4. The molecule has 2 heterocycles. The van der Waals surface area contributed by atoms with Gasteiger partial charge in [0, 0.05) is 44.2 Å². The molecule has 10 heteroatoms. The van der Waals surface area contributed by atoms with Crippen LogP contribution in [0.1, 0.15) is 72.9 Å². The van der Waals surface area contributed by atoms with E-state index in [0.717, 1.165) is 11.1 Å². The van der Waals surface area contributed by atoms with Crippen LogP contribution in [0.15, 0.2) is 41.3 Å². The van der Waals surface area contributed by atoms with Crippen molar-refractivity contribution in [2.24, 2.45) is 5.92 Å². The van der Waals surface area contributed by atoms with Crippen molar-refractivity contribution in [1.29, 1.82) is 0 Å². The second-order valence-corrected chi connectivity index (χ2v) is 13.1. The molecule has 1 aliphatic rings. The largest absolute Gasteiger partial charge is 0.481 e. The molecule has 0 amide bonds. The minimum Gasteiger partial charge on any atom is -0.481 e. The van der Waals surface area contributed by atoms with Crippen molar-refractivity contribution < 1.29 is 27.9 Å². The van der Waals surface area contributed by atoms with Crippen LogP contribution in [0.25, 0.3) is 11.1 Å². The Morgan fingerprint density at radius 3 is 2.22 bits per heavy atom. The van der Waals surface area contributed by atoms with Crippen LogP contribution in [0.2, 0.25) is 5.02 Å². The van der Waals surface area contributed by atoms with Crippen LogP contribution in [0.4, 0.5) is 13.2 Å². The van der Waals surface area contributed by atoms with Crippen molar-refractivity contribution in [3.8, 4) is 11.1 Å². The van der Waals surface area contributed by atoms with Gasteiger partial charge in [-0.3, -0.25) is 19.3 Å². The van der Waals surface area contributed by atoms with Gasteiger partial charge >= 0.3 is 5.97 Å². The molecule has 1 aliphatic heterocycles. The molecule has 0 bridgehead atoms. The summed E-state index contributed by atoms with van der Waals surface area (Å²) in [4.78, 5) is 41.3. The summed E-state index contributed by atoms with van der Waals surface area (Å²) in [7, 11) is 0. The Labute approximate surface area is 266 Å². The standard InChI is InChI=1S/C35H40ClF3N2O4/c1-19(2)8-30(41-16-23(20(3)11-32(41)43)6-7-40-17-27(38)18-40)31(42)14-24(15-33(44)45)28-12-25(13-29(36)35(28)39)34-21(4)9-26(37)10-22(34)5/h9-13,16,19,24,27,30H,6-8,14-15,17-18H2,1-5H3,(H,44,45)/t24-,30?/m0/s1. The van der Waals surface area contributed by atoms with Crippen LogP contribution in [-0.4, -0.2) is 52.1 Å². The van der Waals surface area contributed by atoms with E-state index < -0.39 is 47.9 Å².